The van der Waals surface area contributed by atoms with Crippen LogP contribution in [0.3, 0.4) is 0 Å². The fourth-order valence-electron chi connectivity index (χ4n) is 1.79. The van der Waals surface area contributed by atoms with Crippen molar-refractivity contribution in [2.24, 2.45) is 5.92 Å². The Hall–Kier alpha value is -0.870. The number of nitrogens with zero attached hydrogens (tertiary/aromatic N) is 2. The van der Waals surface area contributed by atoms with E-state index in [9.17, 15) is 0 Å². The van der Waals surface area contributed by atoms with Gasteiger partial charge in [-0.3, -0.25) is 4.68 Å². The van der Waals surface area contributed by atoms with Gasteiger partial charge in [-0.15, -0.1) is 0 Å². The molecule has 0 aromatic carbocycles. The Kier molecular flexibility index (Phi) is 3.16. The molecule has 0 amide bonds. The Labute approximate surface area is 84.3 Å². The third-order valence-electron chi connectivity index (χ3n) is 2.54. The molecule has 4 nitrogen and oxygen atoms in total. The minimum atomic E-state index is 0.650. The zero-order valence-corrected chi connectivity index (χ0v) is 8.57. The summed E-state index contributed by atoms with van der Waals surface area (Å²) in [5.41, 5.74) is 1.24. The van der Waals surface area contributed by atoms with Crippen LogP contribution in [0.1, 0.15) is 12.0 Å². The van der Waals surface area contributed by atoms with Crippen LogP contribution in [0.2, 0.25) is 0 Å². The Balaban J connectivity index is 1.88. The third kappa shape index (κ3) is 2.33. The highest BCUT2D eigenvalue weighted by Crippen LogP contribution is 2.14. The molecule has 2 rings (SSSR count). The topological polar surface area (TPSA) is 39.1 Å². The van der Waals surface area contributed by atoms with Crippen molar-refractivity contribution in [2.45, 2.75) is 19.5 Å². The average Bonchev–Trinajstić information content (AvgIpc) is 2.79. The lowest BCUT2D eigenvalue weighted by Crippen LogP contribution is -2.11. The number of hydrogen-bond donors (Lipinski definition) is 1. The zero-order chi connectivity index (χ0) is 9.80. The minimum absolute atomic E-state index is 0.650. The number of nitrogens with one attached hydrogen (secondary N) is 1. The van der Waals surface area contributed by atoms with Gasteiger partial charge in [-0.25, -0.2) is 0 Å². The lowest BCUT2D eigenvalue weighted by Gasteiger charge is -2.06. The molecular formula is C10H17N3O. The van der Waals surface area contributed by atoms with Crippen LogP contribution in [0, 0.1) is 5.92 Å². The van der Waals surface area contributed by atoms with E-state index in [0.717, 1.165) is 26.3 Å². The number of ether oxygens (including phenoxy) is 1. The van der Waals surface area contributed by atoms with E-state index >= 15 is 0 Å². The summed E-state index contributed by atoms with van der Waals surface area (Å²) in [5.74, 6) is 0.650. The van der Waals surface area contributed by atoms with Crippen molar-refractivity contribution in [3.63, 3.8) is 0 Å². The van der Waals surface area contributed by atoms with Gasteiger partial charge in [0, 0.05) is 37.4 Å². The van der Waals surface area contributed by atoms with Gasteiger partial charge >= 0.3 is 0 Å². The smallest absolute Gasteiger partial charge is 0.0534 e. The molecule has 0 aliphatic carbocycles. The minimum Gasteiger partial charge on any atom is -0.381 e. The molecule has 4 heteroatoms. The predicted octanol–water partition coefficient (Wildman–Crippen LogP) is 0.639. The summed E-state index contributed by atoms with van der Waals surface area (Å²) < 4.78 is 7.35. The second-order valence-electron chi connectivity index (χ2n) is 3.83. The molecule has 0 unspecified atom stereocenters. The fourth-order valence-corrected chi connectivity index (χ4v) is 1.79. The van der Waals surface area contributed by atoms with E-state index < -0.39 is 0 Å². The Bertz CT molecular complexity index is 279. The SMILES string of the molecule is CNCc1cnn(C[C@@H]2CCOC2)c1. The summed E-state index contributed by atoms with van der Waals surface area (Å²) in [7, 11) is 1.95. The lowest BCUT2D eigenvalue weighted by atomic mass is 10.1. The largest absolute Gasteiger partial charge is 0.381 e. The average molecular weight is 195 g/mol. The molecule has 0 radical (unpaired) electrons. The van der Waals surface area contributed by atoms with Gasteiger partial charge in [0.1, 0.15) is 0 Å². The first-order valence-corrected chi connectivity index (χ1v) is 5.12. The van der Waals surface area contributed by atoms with Crippen molar-refractivity contribution in [1.29, 1.82) is 0 Å². The molecule has 0 bridgehead atoms. The Morgan fingerprint density at radius 3 is 3.36 bits per heavy atom. The van der Waals surface area contributed by atoms with Gasteiger partial charge in [-0.05, 0) is 13.5 Å². The second kappa shape index (κ2) is 4.57. The first-order valence-electron chi connectivity index (χ1n) is 5.12. The zero-order valence-electron chi connectivity index (χ0n) is 8.57. The quantitative estimate of drug-likeness (QED) is 0.766. The highest BCUT2D eigenvalue weighted by molar-refractivity contribution is 5.03. The lowest BCUT2D eigenvalue weighted by molar-refractivity contribution is 0.181. The molecular weight excluding hydrogens is 178 g/mol. The molecule has 0 spiro atoms. The van der Waals surface area contributed by atoms with Crippen LogP contribution in [-0.2, 0) is 17.8 Å². The molecule has 1 aliphatic heterocycles. The number of rotatable bonds is 4. The van der Waals surface area contributed by atoms with E-state index in [0.29, 0.717) is 5.92 Å². The first-order chi connectivity index (χ1) is 6.88. The second-order valence-corrected chi connectivity index (χ2v) is 3.83. The van der Waals surface area contributed by atoms with Crippen molar-refractivity contribution >= 4 is 0 Å². The predicted molar refractivity (Wildman–Crippen MR) is 53.9 cm³/mol. The molecule has 0 saturated carbocycles. The van der Waals surface area contributed by atoms with Crippen molar-refractivity contribution in [3.8, 4) is 0 Å². The van der Waals surface area contributed by atoms with Crippen LogP contribution in [-0.4, -0.2) is 30.0 Å². The fraction of sp³-hybridized carbons (Fsp3) is 0.700. The highest BCUT2D eigenvalue weighted by Gasteiger charge is 2.16. The van der Waals surface area contributed by atoms with Crippen molar-refractivity contribution < 1.29 is 4.74 Å². The molecule has 1 saturated heterocycles. The van der Waals surface area contributed by atoms with Gasteiger partial charge in [0.05, 0.1) is 12.8 Å². The molecule has 1 atom stereocenters. The molecule has 14 heavy (non-hydrogen) atoms. The van der Waals surface area contributed by atoms with Gasteiger partial charge in [0.2, 0.25) is 0 Å². The van der Waals surface area contributed by atoms with E-state index in [2.05, 4.69) is 16.6 Å². The molecule has 1 aliphatic rings. The first kappa shape index (κ1) is 9.68. The summed E-state index contributed by atoms with van der Waals surface area (Å²) in [4.78, 5) is 0. The van der Waals surface area contributed by atoms with Gasteiger partial charge in [0.15, 0.2) is 0 Å². The standard InChI is InChI=1S/C10H17N3O/c1-11-4-10-5-12-13(7-10)6-9-2-3-14-8-9/h5,7,9,11H,2-4,6,8H2,1H3/t9-/m0/s1. The van der Waals surface area contributed by atoms with Crippen LogP contribution >= 0.6 is 0 Å². The van der Waals surface area contributed by atoms with Crippen molar-refractivity contribution in [3.05, 3.63) is 18.0 Å². The molecule has 1 fully saturated rings. The Morgan fingerprint density at radius 1 is 1.71 bits per heavy atom. The van der Waals surface area contributed by atoms with Crippen LogP contribution in [0.25, 0.3) is 0 Å². The molecule has 1 aromatic rings. The van der Waals surface area contributed by atoms with E-state index in [-0.39, 0.29) is 0 Å². The Morgan fingerprint density at radius 2 is 2.64 bits per heavy atom. The van der Waals surface area contributed by atoms with Crippen LogP contribution < -0.4 is 5.32 Å². The summed E-state index contributed by atoms with van der Waals surface area (Å²) in [6.45, 7) is 3.68. The van der Waals surface area contributed by atoms with E-state index in [1.807, 2.05) is 17.9 Å². The summed E-state index contributed by atoms with van der Waals surface area (Å²) in [6, 6.07) is 0. The molecule has 2 heterocycles. The van der Waals surface area contributed by atoms with Gasteiger partial charge in [-0.1, -0.05) is 0 Å². The number of hydrogen-bond acceptors (Lipinski definition) is 3. The van der Waals surface area contributed by atoms with Gasteiger partial charge in [-0.2, -0.15) is 5.10 Å². The van der Waals surface area contributed by atoms with Crippen molar-refractivity contribution in [1.82, 2.24) is 15.1 Å². The van der Waals surface area contributed by atoms with E-state index in [4.69, 9.17) is 4.74 Å². The van der Waals surface area contributed by atoms with E-state index in [1.165, 1.54) is 12.0 Å². The van der Waals surface area contributed by atoms with Crippen LogP contribution in [0.15, 0.2) is 12.4 Å². The maximum absolute atomic E-state index is 5.33. The van der Waals surface area contributed by atoms with E-state index in [1.54, 1.807) is 0 Å². The van der Waals surface area contributed by atoms with Crippen LogP contribution in [0.5, 0.6) is 0 Å². The van der Waals surface area contributed by atoms with Crippen molar-refractivity contribution in [2.75, 3.05) is 20.3 Å². The maximum Gasteiger partial charge on any atom is 0.0534 e. The molecule has 1 N–H and O–H groups in total. The maximum atomic E-state index is 5.33. The third-order valence-corrected chi connectivity index (χ3v) is 2.54. The normalized spacial score (nSPS) is 21.6. The molecule has 1 aromatic heterocycles. The molecule has 78 valence electrons. The van der Waals surface area contributed by atoms with Crippen LogP contribution in [0.4, 0.5) is 0 Å². The van der Waals surface area contributed by atoms with Gasteiger partial charge < -0.3 is 10.1 Å². The number of aromatic nitrogens is 2. The van der Waals surface area contributed by atoms with Gasteiger partial charge in [0.25, 0.3) is 0 Å². The monoisotopic (exact) mass is 195 g/mol. The summed E-state index contributed by atoms with van der Waals surface area (Å²) in [5, 5.41) is 7.43. The highest BCUT2D eigenvalue weighted by atomic mass is 16.5. The summed E-state index contributed by atoms with van der Waals surface area (Å²) in [6.07, 6.45) is 5.20. The summed E-state index contributed by atoms with van der Waals surface area (Å²) >= 11 is 0.